The normalized spacial score (nSPS) is 27.8. The summed E-state index contributed by atoms with van der Waals surface area (Å²) in [5.74, 6) is 1.43. The fraction of sp³-hybridized carbons (Fsp3) is 0.857. The third-order valence-corrected chi connectivity index (χ3v) is 1.94. The summed E-state index contributed by atoms with van der Waals surface area (Å²) in [6.45, 7) is 2.90. The standard InChI is InChI=1S/C7H13NO3/c1-5-3-6(5)4-8-11-7(9)10-2/h5-6,8H,3-4H2,1-2H3/t5-,6+/m0/s1. The average Bonchev–Trinajstić information content (AvgIpc) is 2.66. The minimum atomic E-state index is -0.682. The number of hydrogen-bond donors (Lipinski definition) is 1. The molecule has 0 saturated heterocycles. The van der Waals surface area contributed by atoms with Crippen molar-refractivity contribution in [3.63, 3.8) is 0 Å². The lowest BCUT2D eigenvalue weighted by molar-refractivity contribution is 0.0280. The van der Waals surface area contributed by atoms with Crippen LogP contribution in [0, 0.1) is 11.8 Å². The Labute approximate surface area is 65.8 Å². The molecule has 1 aliphatic carbocycles. The molecule has 0 aliphatic heterocycles. The van der Waals surface area contributed by atoms with E-state index in [1.807, 2.05) is 0 Å². The van der Waals surface area contributed by atoms with Gasteiger partial charge in [0.05, 0.1) is 7.11 Å². The third kappa shape index (κ3) is 2.76. The van der Waals surface area contributed by atoms with Crippen LogP contribution >= 0.6 is 0 Å². The summed E-state index contributed by atoms with van der Waals surface area (Å²) in [6.07, 6.45) is 0.538. The summed E-state index contributed by atoms with van der Waals surface area (Å²) in [5.41, 5.74) is 2.55. The summed E-state index contributed by atoms with van der Waals surface area (Å²) in [5, 5.41) is 0. The smallest absolute Gasteiger partial charge is 0.436 e. The Hall–Kier alpha value is -0.770. The van der Waals surface area contributed by atoms with Gasteiger partial charge < -0.3 is 9.57 Å². The van der Waals surface area contributed by atoms with E-state index in [4.69, 9.17) is 0 Å². The van der Waals surface area contributed by atoms with Crippen molar-refractivity contribution in [3.05, 3.63) is 0 Å². The molecule has 0 amide bonds. The molecule has 1 aliphatic rings. The van der Waals surface area contributed by atoms with Crippen molar-refractivity contribution in [3.8, 4) is 0 Å². The number of ether oxygens (including phenoxy) is 1. The third-order valence-electron chi connectivity index (χ3n) is 1.94. The Kier molecular flexibility index (Phi) is 2.70. The molecule has 1 saturated carbocycles. The molecule has 0 heterocycles. The molecule has 1 fully saturated rings. The van der Waals surface area contributed by atoms with Crippen LogP contribution in [0.2, 0.25) is 0 Å². The van der Waals surface area contributed by atoms with Crippen LogP contribution in [0.5, 0.6) is 0 Å². The quantitative estimate of drug-likeness (QED) is 0.491. The molecule has 0 aromatic heterocycles. The van der Waals surface area contributed by atoms with E-state index in [-0.39, 0.29) is 0 Å². The van der Waals surface area contributed by atoms with Crippen molar-refractivity contribution >= 4 is 6.16 Å². The first kappa shape index (κ1) is 8.33. The van der Waals surface area contributed by atoms with E-state index in [0.717, 1.165) is 12.5 Å². The number of carbonyl (C=O) groups is 1. The highest BCUT2D eigenvalue weighted by Gasteiger charge is 2.32. The molecule has 0 aromatic rings. The van der Waals surface area contributed by atoms with E-state index < -0.39 is 6.16 Å². The first-order valence-corrected chi connectivity index (χ1v) is 3.71. The zero-order valence-electron chi connectivity index (χ0n) is 6.79. The van der Waals surface area contributed by atoms with E-state index in [0.29, 0.717) is 5.92 Å². The van der Waals surface area contributed by atoms with Gasteiger partial charge in [-0.05, 0) is 18.3 Å². The van der Waals surface area contributed by atoms with Gasteiger partial charge in [0, 0.05) is 6.54 Å². The maximum Gasteiger partial charge on any atom is 0.527 e. The van der Waals surface area contributed by atoms with Crippen LogP contribution in [0.3, 0.4) is 0 Å². The Bertz CT molecular complexity index is 149. The van der Waals surface area contributed by atoms with Crippen molar-refractivity contribution < 1.29 is 14.4 Å². The summed E-state index contributed by atoms with van der Waals surface area (Å²) in [4.78, 5) is 14.9. The number of methoxy groups -OCH3 is 1. The van der Waals surface area contributed by atoms with Gasteiger partial charge in [-0.2, -0.15) is 0 Å². The lowest BCUT2D eigenvalue weighted by Gasteiger charge is -2.02. The summed E-state index contributed by atoms with van der Waals surface area (Å²) in [6, 6.07) is 0. The van der Waals surface area contributed by atoms with Gasteiger partial charge in [0.25, 0.3) is 0 Å². The molecule has 1 N–H and O–H groups in total. The summed E-state index contributed by atoms with van der Waals surface area (Å²) in [7, 11) is 1.28. The van der Waals surface area contributed by atoms with Crippen LogP contribution in [-0.4, -0.2) is 19.8 Å². The van der Waals surface area contributed by atoms with Crippen LogP contribution < -0.4 is 5.48 Å². The predicted molar refractivity (Wildman–Crippen MR) is 38.8 cm³/mol. The Morgan fingerprint density at radius 1 is 1.73 bits per heavy atom. The minimum absolute atomic E-state index is 0.666. The van der Waals surface area contributed by atoms with Crippen LogP contribution in [0.25, 0.3) is 0 Å². The van der Waals surface area contributed by atoms with Crippen LogP contribution in [0.15, 0.2) is 0 Å². The Balaban J connectivity index is 1.92. The van der Waals surface area contributed by atoms with Gasteiger partial charge in [-0.1, -0.05) is 6.92 Å². The van der Waals surface area contributed by atoms with Crippen molar-refractivity contribution in [2.75, 3.05) is 13.7 Å². The second-order valence-electron chi connectivity index (χ2n) is 2.88. The maximum absolute atomic E-state index is 10.4. The Morgan fingerprint density at radius 2 is 2.36 bits per heavy atom. The van der Waals surface area contributed by atoms with Gasteiger partial charge in [-0.15, -0.1) is 5.48 Å². The number of nitrogens with one attached hydrogen (secondary N) is 1. The SMILES string of the molecule is COC(=O)ONC[C@H]1C[C@@H]1C. The number of carbonyl (C=O) groups excluding carboxylic acids is 1. The van der Waals surface area contributed by atoms with Crippen molar-refractivity contribution in [2.45, 2.75) is 13.3 Å². The highest BCUT2D eigenvalue weighted by Crippen LogP contribution is 2.36. The average molecular weight is 159 g/mol. The van der Waals surface area contributed by atoms with E-state index in [2.05, 4.69) is 22.0 Å². The largest absolute Gasteiger partial charge is 0.527 e. The fourth-order valence-corrected chi connectivity index (χ4v) is 0.933. The first-order valence-electron chi connectivity index (χ1n) is 3.71. The molecule has 4 heteroatoms. The molecule has 11 heavy (non-hydrogen) atoms. The highest BCUT2D eigenvalue weighted by atomic mass is 16.8. The molecule has 64 valence electrons. The fourth-order valence-electron chi connectivity index (χ4n) is 0.933. The molecule has 0 bridgehead atoms. The summed E-state index contributed by atoms with van der Waals surface area (Å²) >= 11 is 0. The van der Waals surface area contributed by atoms with E-state index in [9.17, 15) is 4.79 Å². The van der Waals surface area contributed by atoms with E-state index >= 15 is 0 Å². The lowest BCUT2D eigenvalue weighted by Crippen LogP contribution is -2.22. The molecule has 0 spiro atoms. The maximum atomic E-state index is 10.4. The molecular formula is C7H13NO3. The van der Waals surface area contributed by atoms with Gasteiger partial charge in [0.15, 0.2) is 0 Å². The monoisotopic (exact) mass is 159 g/mol. The van der Waals surface area contributed by atoms with Crippen molar-refractivity contribution in [2.24, 2.45) is 11.8 Å². The molecule has 0 unspecified atom stereocenters. The molecule has 0 aromatic carbocycles. The number of rotatable bonds is 3. The number of hydroxylamine groups is 1. The second kappa shape index (κ2) is 3.57. The zero-order chi connectivity index (χ0) is 8.27. The van der Waals surface area contributed by atoms with Gasteiger partial charge >= 0.3 is 6.16 Å². The molecular weight excluding hydrogens is 146 g/mol. The molecule has 2 atom stereocenters. The van der Waals surface area contributed by atoms with E-state index in [1.165, 1.54) is 13.5 Å². The van der Waals surface area contributed by atoms with E-state index in [1.54, 1.807) is 0 Å². The first-order chi connectivity index (χ1) is 5.24. The van der Waals surface area contributed by atoms with Gasteiger partial charge in [-0.25, -0.2) is 4.79 Å². The number of hydrogen-bond acceptors (Lipinski definition) is 4. The zero-order valence-corrected chi connectivity index (χ0v) is 6.79. The Morgan fingerprint density at radius 3 is 2.82 bits per heavy atom. The molecule has 1 rings (SSSR count). The van der Waals surface area contributed by atoms with Crippen molar-refractivity contribution in [1.29, 1.82) is 0 Å². The summed E-state index contributed by atoms with van der Waals surface area (Å²) < 4.78 is 4.26. The molecule has 4 nitrogen and oxygen atoms in total. The lowest BCUT2D eigenvalue weighted by atomic mass is 10.3. The second-order valence-corrected chi connectivity index (χ2v) is 2.88. The highest BCUT2D eigenvalue weighted by molar-refractivity contribution is 5.59. The van der Waals surface area contributed by atoms with Crippen LogP contribution in [0.4, 0.5) is 4.79 Å². The van der Waals surface area contributed by atoms with Crippen LogP contribution in [-0.2, 0) is 9.57 Å². The van der Waals surface area contributed by atoms with Gasteiger partial charge in [0.2, 0.25) is 0 Å². The van der Waals surface area contributed by atoms with Crippen LogP contribution in [0.1, 0.15) is 13.3 Å². The van der Waals surface area contributed by atoms with Gasteiger partial charge in [0.1, 0.15) is 0 Å². The topological polar surface area (TPSA) is 47.6 Å². The minimum Gasteiger partial charge on any atom is -0.436 e. The predicted octanol–water partition coefficient (Wildman–Crippen LogP) is 0.930. The van der Waals surface area contributed by atoms with Crippen molar-refractivity contribution in [1.82, 2.24) is 5.48 Å². The van der Waals surface area contributed by atoms with Gasteiger partial charge in [-0.3, -0.25) is 0 Å². The molecule has 0 radical (unpaired) electrons.